The van der Waals surface area contributed by atoms with E-state index in [1.165, 1.54) is 0 Å². The third kappa shape index (κ3) is 12400. The van der Waals surface area contributed by atoms with Crippen LogP contribution in [0.15, 0.2) is 0 Å². The first kappa shape index (κ1) is 30.5. The summed E-state index contributed by atoms with van der Waals surface area (Å²) in [4.78, 5) is 8.66. The van der Waals surface area contributed by atoms with Gasteiger partial charge in [-0.1, -0.05) is 52.4 Å². The van der Waals surface area contributed by atoms with Gasteiger partial charge in [0.05, 0.1) is 0 Å². The van der Waals surface area contributed by atoms with Crippen molar-refractivity contribution in [3.63, 3.8) is 0 Å². The highest BCUT2D eigenvalue weighted by molar-refractivity contribution is 6.75. The second-order valence-electron chi connectivity index (χ2n) is 8.17. The van der Waals surface area contributed by atoms with E-state index in [0.29, 0.717) is 0 Å². The zero-order chi connectivity index (χ0) is 13.5. The van der Waals surface area contributed by atoms with Gasteiger partial charge < -0.3 is 15.7 Å². The van der Waals surface area contributed by atoms with Gasteiger partial charge >= 0.3 is 0 Å². The Labute approximate surface area is 112 Å². The summed E-state index contributed by atoms with van der Waals surface area (Å²) in [5, 5.41) is 0. The fraction of sp³-hybridized carbons (Fsp3) is 1.00. The SMILES string of the molecule is C[Si](C)(C)C.C[Si](C)(C)C.C[Si](C)(C)O.O.[OH-]. The van der Waals surface area contributed by atoms with Crippen molar-refractivity contribution in [1.29, 1.82) is 0 Å². The van der Waals surface area contributed by atoms with Gasteiger partial charge in [-0.2, -0.15) is 0 Å². The molecule has 0 radical (unpaired) electrons. The molecule has 0 unspecified atom stereocenters. The molecular formula is C11H37O3Si3-. The van der Waals surface area contributed by atoms with E-state index < -0.39 is 24.5 Å². The largest absolute Gasteiger partial charge is 0.870 e. The fourth-order valence-electron chi connectivity index (χ4n) is 0. The summed E-state index contributed by atoms with van der Waals surface area (Å²) in [6, 6.07) is 0. The second-order valence-corrected chi connectivity index (χ2v) is 24.5. The molecule has 112 valence electrons. The lowest BCUT2D eigenvalue weighted by Crippen LogP contribution is -2.17. The zero-order valence-corrected chi connectivity index (χ0v) is 16.9. The summed E-state index contributed by atoms with van der Waals surface area (Å²) in [7, 11) is -2.83. The van der Waals surface area contributed by atoms with Crippen LogP contribution in [0.4, 0.5) is 0 Å². The minimum absolute atomic E-state index is 0. The zero-order valence-electron chi connectivity index (χ0n) is 13.9. The van der Waals surface area contributed by atoms with E-state index in [0.717, 1.165) is 0 Å². The summed E-state index contributed by atoms with van der Waals surface area (Å²) in [5.41, 5.74) is 0. The lowest BCUT2D eigenvalue weighted by Gasteiger charge is -2.01. The number of hydrogen-bond donors (Lipinski definition) is 1. The topological polar surface area (TPSA) is 81.7 Å². The molecule has 6 heteroatoms. The van der Waals surface area contributed by atoms with Gasteiger partial charge in [0, 0.05) is 16.1 Å². The molecule has 0 rings (SSSR count). The van der Waals surface area contributed by atoms with Crippen LogP contribution in [0.25, 0.3) is 0 Å². The van der Waals surface area contributed by atoms with Crippen LogP contribution >= 0.6 is 0 Å². The summed E-state index contributed by atoms with van der Waals surface area (Å²) in [5.74, 6) is 0. The molecule has 0 aromatic heterocycles. The number of rotatable bonds is 0. The van der Waals surface area contributed by atoms with Crippen LogP contribution < -0.4 is 0 Å². The molecule has 0 aromatic rings. The lowest BCUT2D eigenvalue weighted by atomic mass is 11.8. The van der Waals surface area contributed by atoms with E-state index >= 15 is 0 Å². The molecule has 0 aliphatic rings. The Morgan fingerprint density at radius 3 is 0.529 bits per heavy atom. The first-order chi connectivity index (χ1) is 6.00. The molecule has 0 aliphatic heterocycles. The molecule has 0 aromatic carbocycles. The Balaban J connectivity index is -0.0000000400. The smallest absolute Gasteiger partial charge is 0.179 e. The van der Waals surface area contributed by atoms with E-state index in [1.807, 2.05) is 19.6 Å². The monoisotopic (exact) mass is 301 g/mol. The highest BCUT2D eigenvalue weighted by atomic mass is 28.4. The van der Waals surface area contributed by atoms with Crippen LogP contribution in [0, 0.1) is 0 Å². The molecule has 0 spiro atoms. The van der Waals surface area contributed by atoms with E-state index in [2.05, 4.69) is 52.4 Å². The van der Waals surface area contributed by atoms with Crippen LogP contribution in [0.2, 0.25) is 72.0 Å². The minimum Gasteiger partial charge on any atom is -0.870 e. The standard InChI is InChI=1S/2C4H12Si.C3H10OSi.2H2O/c3*1-5(2,3)4;;/h2*1-4H3;4H,1-3H3;2*1H2/p-1. The maximum absolute atomic E-state index is 8.66. The molecule has 0 heterocycles. The lowest BCUT2D eigenvalue weighted by molar-refractivity contribution is 0.561. The Kier molecular flexibility index (Phi) is 20.8. The predicted octanol–water partition coefficient (Wildman–Crippen LogP) is 3.72. The molecule has 0 amide bonds. The van der Waals surface area contributed by atoms with Gasteiger partial charge in [0.15, 0.2) is 8.32 Å². The molecule has 0 fully saturated rings. The summed E-state index contributed by atoms with van der Waals surface area (Å²) in [6.07, 6.45) is 0. The van der Waals surface area contributed by atoms with Gasteiger partial charge in [0.2, 0.25) is 0 Å². The average Bonchev–Trinajstić information content (AvgIpc) is 1.41. The molecule has 4 N–H and O–H groups in total. The van der Waals surface area contributed by atoms with Crippen molar-refractivity contribution in [1.82, 2.24) is 0 Å². The van der Waals surface area contributed by atoms with Crippen LogP contribution in [0.5, 0.6) is 0 Å². The van der Waals surface area contributed by atoms with Gasteiger partial charge in [-0.15, -0.1) is 0 Å². The first-order valence-corrected chi connectivity index (χ1v) is 17.2. The minimum atomic E-state index is -1.61. The maximum atomic E-state index is 8.66. The Bertz CT molecular complexity index is 97.0. The third-order valence-electron chi connectivity index (χ3n) is 0. The van der Waals surface area contributed by atoms with Gasteiger partial charge in [-0.05, 0) is 19.6 Å². The van der Waals surface area contributed by atoms with E-state index in [4.69, 9.17) is 4.80 Å². The normalized spacial score (nSPS) is 10.6. The highest BCUT2D eigenvalue weighted by Crippen LogP contribution is 1.95. The first-order valence-electron chi connectivity index (χ1n) is 5.72. The molecule has 0 saturated carbocycles. The van der Waals surface area contributed by atoms with Crippen molar-refractivity contribution in [3.05, 3.63) is 0 Å². The predicted molar refractivity (Wildman–Crippen MR) is 89.5 cm³/mol. The molecule has 0 bridgehead atoms. The highest BCUT2D eigenvalue weighted by Gasteiger charge is 2.03. The van der Waals surface area contributed by atoms with Crippen molar-refractivity contribution >= 4 is 24.5 Å². The molecule has 0 saturated heterocycles. The molecular weight excluding hydrogens is 264 g/mol. The number of hydrogen-bond acceptors (Lipinski definition) is 2. The van der Waals surface area contributed by atoms with E-state index in [1.54, 1.807) is 0 Å². The maximum Gasteiger partial charge on any atom is 0.179 e. The third-order valence-corrected chi connectivity index (χ3v) is 0. The van der Waals surface area contributed by atoms with Crippen LogP contribution in [-0.2, 0) is 0 Å². The Morgan fingerprint density at radius 2 is 0.529 bits per heavy atom. The Hall–Kier alpha value is 0.531. The fourth-order valence-corrected chi connectivity index (χ4v) is 0. The molecule has 0 aliphatic carbocycles. The molecule has 17 heavy (non-hydrogen) atoms. The van der Waals surface area contributed by atoms with Gasteiger partial charge in [0.25, 0.3) is 0 Å². The van der Waals surface area contributed by atoms with Gasteiger partial charge in [-0.25, -0.2) is 0 Å². The van der Waals surface area contributed by atoms with Crippen LogP contribution in [-0.4, -0.2) is 40.2 Å². The van der Waals surface area contributed by atoms with E-state index in [-0.39, 0.29) is 11.0 Å². The summed E-state index contributed by atoms with van der Waals surface area (Å²) in [6.45, 7) is 24.3. The van der Waals surface area contributed by atoms with Crippen LogP contribution in [0.3, 0.4) is 0 Å². The Morgan fingerprint density at radius 1 is 0.529 bits per heavy atom. The van der Waals surface area contributed by atoms with Crippen molar-refractivity contribution in [2.75, 3.05) is 0 Å². The van der Waals surface area contributed by atoms with Crippen molar-refractivity contribution in [2.45, 2.75) is 72.0 Å². The second kappa shape index (κ2) is 11.6. The van der Waals surface area contributed by atoms with E-state index in [9.17, 15) is 0 Å². The van der Waals surface area contributed by atoms with Crippen molar-refractivity contribution in [3.8, 4) is 0 Å². The van der Waals surface area contributed by atoms with Crippen molar-refractivity contribution < 1.29 is 15.7 Å². The summed E-state index contributed by atoms with van der Waals surface area (Å²) < 4.78 is 0. The van der Waals surface area contributed by atoms with Crippen LogP contribution in [0.1, 0.15) is 0 Å². The van der Waals surface area contributed by atoms with Gasteiger partial charge in [-0.3, -0.25) is 0 Å². The molecule has 0 atom stereocenters. The van der Waals surface area contributed by atoms with Crippen molar-refractivity contribution in [2.24, 2.45) is 0 Å². The summed E-state index contributed by atoms with van der Waals surface area (Å²) >= 11 is 0. The van der Waals surface area contributed by atoms with Gasteiger partial charge in [0.1, 0.15) is 0 Å². The quantitative estimate of drug-likeness (QED) is 0.692. The average molecular weight is 302 g/mol. The molecule has 3 nitrogen and oxygen atoms in total.